The lowest BCUT2D eigenvalue weighted by atomic mass is 9.95. The molecule has 0 heterocycles. The Hall–Kier alpha value is -1.28. The van der Waals surface area contributed by atoms with Gasteiger partial charge in [-0.15, -0.1) is 0 Å². The minimum atomic E-state index is -2.30. The molecule has 8 heteroatoms. The Morgan fingerprint density at radius 2 is 1.73 bits per heavy atom. The molecule has 0 rings (SSSR count). The Morgan fingerprint density at radius 3 is 2.00 bits per heavy atom. The fourth-order valence-electron chi connectivity index (χ4n) is 1.20. The fraction of sp³-hybridized carbons (Fsp3) is 1.00. The van der Waals surface area contributed by atoms with Crippen LogP contribution in [0.25, 0.3) is 0 Å². The first kappa shape index (κ1) is 13.7. The summed E-state index contributed by atoms with van der Waals surface area (Å²) in [5, 5.41) is 38.5. The predicted molar refractivity (Wildman–Crippen MR) is 49.3 cm³/mol. The molecule has 0 aromatic heterocycles. The average molecular weight is 222 g/mol. The maximum atomic E-state index is 10.5. The standard InChI is InChI=1S/C7H14N2O6/c1-7(8(12)13,9(14)15)4-6(5-11)2-3-10/h6,10-11H,2-5H2,1H3. The van der Waals surface area contributed by atoms with Crippen molar-refractivity contribution in [1.29, 1.82) is 0 Å². The normalized spacial score (nSPS) is 13.5. The molecule has 0 radical (unpaired) electrons. The van der Waals surface area contributed by atoms with Crippen molar-refractivity contribution in [2.24, 2.45) is 5.92 Å². The zero-order chi connectivity index (χ0) is 12.1. The summed E-state index contributed by atoms with van der Waals surface area (Å²) < 4.78 is 0. The van der Waals surface area contributed by atoms with Crippen molar-refractivity contribution in [2.75, 3.05) is 13.2 Å². The second kappa shape index (κ2) is 5.56. The molecule has 0 aromatic carbocycles. The molecule has 1 unspecified atom stereocenters. The summed E-state index contributed by atoms with van der Waals surface area (Å²) >= 11 is 0. The molecule has 0 bridgehead atoms. The van der Waals surface area contributed by atoms with Gasteiger partial charge in [0.05, 0.1) is 23.2 Å². The van der Waals surface area contributed by atoms with E-state index in [4.69, 9.17) is 10.2 Å². The SMILES string of the molecule is CC(CC(CO)CCO)([N+](=O)[O-])[N+](=O)[O-]. The van der Waals surface area contributed by atoms with Gasteiger partial charge in [-0.25, -0.2) is 0 Å². The molecule has 8 nitrogen and oxygen atoms in total. The van der Waals surface area contributed by atoms with Gasteiger partial charge in [-0.05, 0) is 12.3 Å². The van der Waals surface area contributed by atoms with E-state index in [-0.39, 0.29) is 13.0 Å². The van der Waals surface area contributed by atoms with Crippen LogP contribution in [-0.2, 0) is 0 Å². The highest BCUT2D eigenvalue weighted by Crippen LogP contribution is 2.22. The van der Waals surface area contributed by atoms with Crippen LogP contribution in [0.2, 0.25) is 0 Å². The van der Waals surface area contributed by atoms with Crippen molar-refractivity contribution in [3.63, 3.8) is 0 Å². The maximum Gasteiger partial charge on any atom is 0.456 e. The molecular weight excluding hydrogens is 208 g/mol. The van der Waals surface area contributed by atoms with Crippen LogP contribution >= 0.6 is 0 Å². The largest absolute Gasteiger partial charge is 0.456 e. The third kappa shape index (κ3) is 3.40. The molecule has 1 atom stereocenters. The third-order valence-electron chi connectivity index (χ3n) is 2.26. The summed E-state index contributed by atoms with van der Waals surface area (Å²) in [6, 6.07) is 0. The van der Waals surface area contributed by atoms with Gasteiger partial charge >= 0.3 is 5.66 Å². The van der Waals surface area contributed by atoms with E-state index in [1.807, 2.05) is 0 Å². The Labute approximate surface area is 85.8 Å². The highest BCUT2D eigenvalue weighted by molar-refractivity contribution is 4.68. The minimum absolute atomic E-state index is 0.105. The summed E-state index contributed by atoms with van der Waals surface area (Å²) in [6.45, 7) is 0.210. The summed E-state index contributed by atoms with van der Waals surface area (Å²) in [5.41, 5.74) is -2.30. The number of hydrogen-bond acceptors (Lipinski definition) is 6. The Kier molecular flexibility index (Phi) is 5.09. The van der Waals surface area contributed by atoms with Gasteiger partial charge in [-0.3, -0.25) is 20.2 Å². The molecule has 0 saturated heterocycles. The molecule has 0 amide bonds. The molecule has 2 N–H and O–H groups in total. The molecule has 0 aromatic rings. The highest BCUT2D eigenvalue weighted by Gasteiger charge is 2.51. The summed E-state index contributed by atoms with van der Waals surface area (Å²) in [7, 11) is 0. The first-order valence-electron chi connectivity index (χ1n) is 4.39. The van der Waals surface area contributed by atoms with Crippen LogP contribution in [0.3, 0.4) is 0 Å². The molecule has 88 valence electrons. The molecule has 0 aliphatic rings. The van der Waals surface area contributed by atoms with E-state index in [0.29, 0.717) is 0 Å². The Balaban J connectivity index is 4.66. The van der Waals surface area contributed by atoms with Gasteiger partial charge in [0.15, 0.2) is 0 Å². The summed E-state index contributed by atoms with van der Waals surface area (Å²) in [5.74, 6) is -0.643. The molecule has 0 aliphatic carbocycles. The van der Waals surface area contributed by atoms with Crippen molar-refractivity contribution >= 4 is 0 Å². The van der Waals surface area contributed by atoms with Crippen molar-refractivity contribution in [2.45, 2.75) is 25.4 Å². The Morgan fingerprint density at radius 1 is 1.27 bits per heavy atom. The first-order valence-corrected chi connectivity index (χ1v) is 4.39. The van der Waals surface area contributed by atoms with Crippen LogP contribution < -0.4 is 0 Å². The molecule has 0 aliphatic heterocycles. The molecule has 0 saturated carbocycles. The van der Waals surface area contributed by atoms with Gasteiger partial charge in [0.2, 0.25) is 0 Å². The van der Waals surface area contributed by atoms with Gasteiger partial charge in [-0.1, -0.05) is 0 Å². The predicted octanol–water partition coefficient (Wildman–Crippen LogP) is -0.363. The fourth-order valence-corrected chi connectivity index (χ4v) is 1.20. The van der Waals surface area contributed by atoms with E-state index >= 15 is 0 Å². The van der Waals surface area contributed by atoms with Crippen LogP contribution in [0.5, 0.6) is 0 Å². The number of aliphatic hydroxyl groups is 2. The zero-order valence-corrected chi connectivity index (χ0v) is 8.33. The van der Waals surface area contributed by atoms with Crippen LogP contribution in [0.1, 0.15) is 19.8 Å². The van der Waals surface area contributed by atoms with E-state index in [9.17, 15) is 20.2 Å². The topological polar surface area (TPSA) is 127 Å². The number of nitro groups is 2. The van der Waals surface area contributed by atoms with Gasteiger partial charge in [0, 0.05) is 13.2 Å². The lowest BCUT2D eigenvalue weighted by molar-refractivity contribution is -0.794. The quantitative estimate of drug-likeness (QED) is 0.344. The maximum absolute atomic E-state index is 10.5. The van der Waals surface area contributed by atoms with Crippen LogP contribution in [0.15, 0.2) is 0 Å². The van der Waals surface area contributed by atoms with Crippen LogP contribution in [0, 0.1) is 26.1 Å². The van der Waals surface area contributed by atoms with Crippen molar-refractivity contribution < 1.29 is 20.1 Å². The van der Waals surface area contributed by atoms with E-state index in [1.165, 1.54) is 0 Å². The molecule has 0 fully saturated rings. The van der Waals surface area contributed by atoms with Gasteiger partial charge in [0.25, 0.3) is 0 Å². The second-order valence-corrected chi connectivity index (χ2v) is 3.50. The van der Waals surface area contributed by atoms with E-state index < -0.39 is 34.5 Å². The van der Waals surface area contributed by atoms with Gasteiger partial charge in [-0.2, -0.15) is 0 Å². The Bertz CT molecular complexity index is 230. The van der Waals surface area contributed by atoms with Gasteiger partial charge < -0.3 is 10.2 Å². The minimum Gasteiger partial charge on any atom is -0.396 e. The smallest absolute Gasteiger partial charge is 0.396 e. The average Bonchev–Trinajstić information content (AvgIpc) is 2.16. The van der Waals surface area contributed by atoms with E-state index in [2.05, 4.69) is 0 Å². The number of hydrogen-bond donors (Lipinski definition) is 2. The van der Waals surface area contributed by atoms with Crippen molar-refractivity contribution in [1.82, 2.24) is 0 Å². The lowest BCUT2D eigenvalue weighted by Gasteiger charge is -2.17. The molecule has 15 heavy (non-hydrogen) atoms. The van der Waals surface area contributed by atoms with Crippen molar-refractivity contribution in [3.8, 4) is 0 Å². The van der Waals surface area contributed by atoms with Crippen molar-refractivity contribution in [3.05, 3.63) is 20.2 Å². The lowest BCUT2D eigenvalue weighted by Crippen LogP contribution is -2.45. The molecular formula is C7H14N2O6. The number of nitrogens with zero attached hydrogens (tertiary/aromatic N) is 2. The van der Waals surface area contributed by atoms with Gasteiger partial charge in [0.1, 0.15) is 0 Å². The summed E-state index contributed by atoms with van der Waals surface area (Å²) in [4.78, 5) is 19.1. The molecule has 0 spiro atoms. The summed E-state index contributed by atoms with van der Waals surface area (Å²) in [6.07, 6.45) is -0.294. The van der Waals surface area contributed by atoms with E-state index in [1.54, 1.807) is 0 Å². The number of rotatable bonds is 7. The second-order valence-electron chi connectivity index (χ2n) is 3.50. The van der Waals surface area contributed by atoms with Crippen LogP contribution in [0.4, 0.5) is 0 Å². The van der Waals surface area contributed by atoms with E-state index in [0.717, 1.165) is 6.92 Å². The zero-order valence-electron chi connectivity index (χ0n) is 8.33. The highest BCUT2D eigenvalue weighted by atomic mass is 16.7. The van der Waals surface area contributed by atoms with Crippen LogP contribution in [-0.4, -0.2) is 38.9 Å². The number of aliphatic hydroxyl groups excluding tert-OH is 2. The first-order chi connectivity index (χ1) is 6.88. The monoisotopic (exact) mass is 222 g/mol. The third-order valence-corrected chi connectivity index (χ3v) is 2.26.